The third-order valence-electron chi connectivity index (χ3n) is 5.99. The molecule has 196 valence electrons. The molecule has 0 spiro atoms. The molecule has 2 heterocycles. The van der Waals surface area contributed by atoms with Crippen molar-refractivity contribution in [2.24, 2.45) is 4.99 Å². The van der Waals surface area contributed by atoms with Gasteiger partial charge in [-0.05, 0) is 81.2 Å². The minimum atomic E-state index is -0.305. The molecular formula is C28H28ClFN6O2. The van der Waals surface area contributed by atoms with Gasteiger partial charge in [-0.2, -0.15) is 0 Å². The first-order chi connectivity index (χ1) is 18.4. The van der Waals surface area contributed by atoms with Gasteiger partial charge in [0.15, 0.2) is 0 Å². The number of aliphatic imine (C=N–C) groups is 1. The molecule has 3 aromatic carbocycles. The van der Waals surface area contributed by atoms with Crippen LogP contribution in [0.3, 0.4) is 0 Å². The van der Waals surface area contributed by atoms with Crippen molar-refractivity contribution in [2.75, 3.05) is 37.9 Å². The maximum absolute atomic E-state index is 13.4. The lowest BCUT2D eigenvalue weighted by Crippen LogP contribution is -2.19. The van der Waals surface area contributed by atoms with E-state index in [9.17, 15) is 4.39 Å². The highest BCUT2D eigenvalue weighted by atomic mass is 35.5. The minimum absolute atomic E-state index is 0.145. The van der Waals surface area contributed by atoms with Crippen molar-refractivity contribution in [2.45, 2.75) is 19.1 Å². The van der Waals surface area contributed by atoms with Crippen molar-refractivity contribution in [3.05, 3.63) is 83.4 Å². The van der Waals surface area contributed by atoms with E-state index in [1.807, 2.05) is 38.4 Å². The van der Waals surface area contributed by atoms with E-state index in [2.05, 4.69) is 30.5 Å². The van der Waals surface area contributed by atoms with Crippen LogP contribution in [0, 0.1) is 5.82 Å². The van der Waals surface area contributed by atoms with Crippen molar-refractivity contribution < 1.29 is 13.9 Å². The molecular weight excluding hydrogens is 507 g/mol. The zero-order valence-electron chi connectivity index (χ0n) is 21.1. The first-order valence-corrected chi connectivity index (χ1v) is 12.6. The Morgan fingerprint density at radius 3 is 2.71 bits per heavy atom. The van der Waals surface area contributed by atoms with Gasteiger partial charge in [0.2, 0.25) is 0 Å². The molecule has 2 N–H and O–H groups in total. The highest BCUT2D eigenvalue weighted by molar-refractivity contribution is 6.32. The number of benzene rings is 3. The highest BCUT2D eigenvalue weighted by Crippen LogP contribution is 2.31. The Hall–Kier alpha value is -3.95. The normalized spacial score (nSPS) is 14.9. The lowest BCUT2D eigenvalue weighted by molar-refractivity contribution is 0.294. The van der Waals surface area contributed by atoms with E-state index < -0.39 is 0 Å². The molecule has 0 fully saturated rings. The average Bonchev–Trinajstić information content (AvgIpc) is 3.34. The quantitative estimate of drug-likeness (QED) is 0.278. The molecule has 0 bridgehead atoms. The molecule has 1 unspecified atom stereocenters. The fraction of sp³-hybridized carbons (Fsp3) is 0.250. The number of amidine groups is 1. The van der Waals surface area contributed by atoms with Gasteiger partial charge in [0.05, 0.1) is 16.6 Å². The number of nitrogens with zero attached hydrogens (tertiary/aromatic N) is 4. The Labute approximate surface area is 225 Å². The number of rotatable bonds is 9. The van der Waals surface area contributed by atoms with Crippen molar-refractivity contribution in [3.63, 3.8) is 0 Å². The second-order valence-corrected chi connectivity index (χ2v) is 9.67. The average molecular weight is 535 g/mol. The van der Waals surface area contributed by atoms with Gasteiger partial charge in [0, 0.05) is 16.8 Å². The number of anilines is 3. The molecule has 0 amide bonds. The smallest absolute Gasteiger partial charge is 0.289 e. The monoisotopic (exact) mass is 534 g/mol. The van der Waals surface area contributed by atoms with Gasteiger partial charge in [-0.15, -0.1) is 0 Å². The summed E-state index contributed by atoms with van der Waals surface area (Å²) in [5.41, 5.74) is 3.06. The standard InChI is InChI=1S/C28H28ClFN6O2/c1-36(2)11-10-22-16-38-28(35-22)34-20-6-8-25-23(13-20)27(32-17-31-25)33-21-7-9-26(24(29)14-21)37-15-18-4-3-5-19(30)12-18/h3-9,12-14,17,22H,10-11,15-16H2,1-2H3,(H,34,35)(H,31,32,33). The molecule has 1 aromatic heterocycles. The van der Waals surface area contributed by atoms with Crippen LogP contribution in [0.5, 0.6) is 5.75 Å². The van der Waals surface area contributed by atoms with Gasteiger partial charge < -0.3 is 25.0 Å². The maximum Gasteiger partial charge on any atom is 0.289 e. The molecule has 4 aromatic rings. The molecule has 5 rings (SSSR count). The summed E-state index contributed by atoms with van der Waals surface area (Å²) < 4.78 is 24.9. The third-order valence-corrected chi connectivity index (χ3v) is 6.28. The summed E-state index contributed by atoms with van der Waals surface area (Å²) in [7, 11) is 4.10. The fourth-order valence-electron chi connectivity index (χ4n) is 4.02. The van der Waals surface area contributed by atoms with Crippen molar-refractivity contribution in [1.29, 1.82) is 0 Å². The maximum atomic E-state index is 13.4. The molecule has 8 nitrogen and oxygen atoms in total. The summed E-state index contributed by atoms with van der Waals surface area (Å²) in [6, 6.07) is 18.1. The number of fused-ring (bicyclic) bond motifs is 1. The molecule has 0 saturated heterocycles. The highest BCUT2D eigenvalue weighted by Gasteiger charge is 2.19. The zero-order chi connectivity index (χ0) is 26.5. The Balaban J connectivity index is 1.28. The van der Waals surface area contributed by atoms with Crippen LogP contribution in [0.15, 0.2) is 72.0 Å². The van der Waals surface area contributed by atoms with Gasteiger partial charge in [0.25, 0.3) is 6.02 Å². The lowest BCUT2D eigenvalue weighted by Gasteiger charge is -2.13. The summed E-state index contributed by atoms with van der Waals surface area (Å²) >= 11 is 6.47. The molecule has 1 atom stereocenters. The Bertz CT molecular complexity index is 1460. The SMILES string of the molecule is CN(C)CCC1COC(Nc2ccc3ncnc(Nc4ccc(OCc5cccc(F)c5)c(Cl)c4)c3c2)=N1. The zero-order valence-corrected chi connectivity index (χ0v) is 21.9. The van der Waals surface area contributed by atoms with Gasteiger partial charge in [0.1, 0.15) is 36.9 Å². The third kappa shape index (κ3) is 6.48. The van der Waals surface area contributed by atoms with Crippen LogP contribution in [0.25, 0.3) is 10.9 Å². The number of aromatic nitrogens is 2. The molecule has 0 aliphatic carbocycles. The van der Waals surface area contributed by atoms with E-state index in [4.69, 9.17) is 21.1 Å². The number of nitrogens with one attached hydrogen (secondary N) is 2. The van der Waals surface area contributed by atoms with Gasteiger partial charge >= 0.3 is 0 Å². The predicted molar refractivity (Wildman–Crippen MR) is 149 cm³/mol. The number of hydrogen-bond donors (Lipinski definition) is 2. The van der Waals surface area contributed by atoms with E-state index >= 15 is 0 Å². The molecule has 0 saturated carbocycles. The van der Waals surface area contributed by atoms with Crippen LogP contribution in [-0.4, -0.2) is 54.2 Å². The number of hydrogen-bond acceptors (Lipinski definition) is 8. The summed E-state index contributed by atoms with van der Waals surface area (Å²) in [6.45, 7) is 1.74. The van der Waals surface area contributed by atoms with Crippen LogP contribution >= 0.6 is 11.6 Å². The van der Waals surface area contributed by atoms with E-state index in [-0.39, 0.29) is 18.5 Å². The second kappa shape index (κ2) is 11.6. The fourth-order valence-corrected chi connectivity index (χ4v) is 4.25. The van der Waals surface area contributed by atoms with Crippen molar-refractivity contribution in [1.82, 2.24) is 14.9 Å². The topological polar surface area (TPSA) is 83.9 Å². The van der Waals surface area contributed by atoms with Crippen LogP contribution in [0.2, 0.25) is 5.02 Å². The Morgan fingerprint density at radius 1 is 1.05 bits per heavy atom. The Morgan fingerprint density at radius 2 is 1.89 bits per heavy atom. The number of ether oxygens (including phenoxy) is 2. The van der Waals surface area contributed by atoms with Crippen LogP contribution in [0.4, 0.5) is 21.6 Å². The van der Waals surface area contributed by atoms with Gasteiger partial charge in [-0.1, -0.05) is 23.7 Å². The van der Waals surface area contributed by atoms with Gasteiger partial charge in [-0.3, -0.25) is 0 Å². The summed E-state index contributed by atoms with van der Waals surface area (Å²) in [5, 5.41) is 7.82. The second-order valence-electron chi connectivity index (χ2n) is 9.26. The molecule has 1 aliphatic heterocycles. The summed E-state index contributed by atoms with van der Waals surface area (Å²) in [6.07, 6.45) is 2.45. The molecule has 10 heteroatoms. The Kier molecular flexibility index (Phi) is 7.86. The van der Waals surface area contributed by atoms with Crippen molar-refractivity contribution >= 4 is 45.7 Å². The van der Waals surface area contributed by atoms with Crippen LogP contribution in [-0.2, 0) is 11.3 Å². The van der Waals surface area contributed by atoms with Crippen LogP contribution in [0.1, 0.15) is 12.0 Å². The molecule has 38 heavy (non-hydrogen) atoms. The largest absolute Gasteiger partial charge is 0.487 e. The van der Waals surface area contributed by atoms with E-state index in [0.717, 1.165) is 40.8 Å². The minimum Gasteiger partial charge on any atom is -0.487 e. The lowest BCUT2D eigenvalue weighted by atomic mass is 10.2. The first kappa shape index (κ1) is 25.7. The summed E-state index contributed by atoms with van der Waals surface area (Å²) in [5.74, 6) is 0.822. The van der Waals surface area contributed by atoms with Gasteiger partial charge in [-0.25, -0.2) is 19.4 Å². The van der Waals surface area contributed by atoms with E-state index in [1.54, 1.807) is 24.3 Å². The first-order valence-electron chi connectivity index (χ1n) is 12.2. The predicted octanol–water partition coefficient (Wildman–Crippen LogP) is 5.86. The van der Waals surface area contributed by atoms with Crippen molar-refractivity contribution in [3.8, 4) is 5.75 Å². The van der Waals surface area contributed by atoms with E-state index in [0.29, 0.717) is 29.2 Å². The van der Waals surface area contributed by atoms with Crippen LogP contribution < -0.4 is 15.4 Å². The number of halogens is 2. The summed E-state index contributed by atoms with van der Waals surface area (Å²) in [4.78, 5) is 15.6. The molecule has 1 aliphatic rings. The molecule has 0 radical (unpaired) electrons. The van der Waals surface area contributed by atoms with E-state index in [1.165, 1.54) is 18.5 Å².